The van der Waals surface area contributed by atoms with E-state index in [-0.39, 0.29) is 11.8 Å². The number of H-pyrrole nitrogens is 1. The number of hydrogen-bond donors (Lipinski definition) is 2. The molecular weight excluding hydrogens is 384 g/mol. The van der Waals surface area contributed by atoms with Crippen molar-refractivity contribution in [1.29, 1.82) is 0 Å². The lowest BCUT2D eigenvalue weighted by molar-refractivity contribution is 0.0342. The first-order valence-electron chi connectivity index (χ1n) is 8.48. The number of carbonyl (C=O) groups excluding carboxylic acids is 1. The largest absolute Gasteiger partial charge is 0.379 e. The second kappa shape index (κ2) is 8.12. The highest BCUT2D eigenvalue weighted by atomic mass is 79.9. The first-order valence-corrected chi connectivity index (χ1v) is 9.28. The molecule has 1 amide bonds. The van der Waals surface area contributed by atoms with Gasteiger partial charge >= 0.3 is 0 Å². The second-order valence-electron chi connectivity index (χ2n) is 6.50. The molecule has 0 radical (unpaired) electrons. The van der Waals surface area contributed by atoms with E-state index in [1.807, 2.05) is 18.2 Å². The number of ether oxygens (including phenoxy) is 1. The highest BCUT2D eigenvalue weighted by Gasteiger charge is 2.19. The van der Waals surface area contributed by atoms with Crippen molar-refractivity contribution in [2.45, 2.75) is 26.3 Å². The van der Waals surface area contributed by atoms with E-state index in [4.69, 9.17) is 4.74 Å². The first kappa shape index (κ1) is 18.1. The highest BCUT2D eigenvalue weighted by molar-refractivity contribution is 9.10. The van der Waals surface area contributed by atoms with Crippen LogP contribution in [0.3, 0.4) is 0 Å². The summed E-state index contributed by atoms with van der Waals surface area (Å²) in [5.41, 5.74) is 3.24. The number of morpholine rings is 1. The van der Waals surface area contributed by atoms with Crippen molar-refractivity contribution >= 4 is 27.5 Å². The number of amides is 1. The number of benzene rings is 1. The van der Waals surface area contributed by atoms with Crippen molar-refractivity contribution in [2.75, 3.05) is 31.6 Å². The van der Waals surface area contributed by atoms with Gasteiger partial charge < -0.3 is 10.1 Å². The molecule has 2 aromatic rings. The molecule has 1 aliphatic heterocycles. The van der Waals surface area contributed by atoms with E-state index in [1.165, 1.54) is 5.56 Å². The molecule has 1 saturated heterocycles. The zero-order valence-electron chi connectivity index (χ0n) is 14.5. The average molecular weight is 407 g/mol. The summed E-state index contributed by atoms with van der Waals surface area (Å²) in [6.45, 7) is 8.40. The lowest BCUT2D eigenvalue weighted by atomic mass is 10.1. The maximum Gasteiger partial charge on any atom is 0.277 e. The van der Waals surface area contributed by atoms with Gasteiger partial charge in [-0.15, -0.1) is 0 Å². The molecule has 1 aromatic carbocycles. The van der Waals surface area contributed by atoms with Gasteiger partial charge in [-0.1, -0.05) is 26.0 Å². The summed E-state index contributed by atoms with van der Waals surface area (Å²) in [5.74, 6) is 0.0406. The fourth-order valence-corrected chi connectivity index (χ4v) is 3.65. The third kappa shape index (κ3) is 4.48. The van der Waals surface area contributed by atoms with Crippen LogP contribution in [-0.4, -0.2) is 47.3 Å². The van der Waals surface area contributed by atoms with Gasteiger partial charge in [0.25, 0.3) is 5.91 Å². The van der Waals surface area contributed by atoms with Crippen LogP contribution >= 0.6 is 15.9 Å². The Morgan fingerprint density at radius 1 is 1.40 bits per heavy atom. The molecule has 3 rings (SSSR count). The number of carbonyl (C=O) groups is 1. The van der Waals surface area contributed by atoms with E-state index in [9.17, 15) is 4.79 Å². The Labute approximate surface area is 156 Å². The molecular formula is C18H23BrN4O2. The van der Waals surface area contributed by atoms with E-state index in [0.29, 0.717) is 5.69 Å². The van der Waals surface area contributed by atoms with E-state index < -0.39 is 0 Å². The molecule has 0 atom stereocenters. The van der Waals surface area contributed by atoms with Crippen molar-refractivity contribution < 1.29 is 9.53 Å². The number of aromatic nitrogens is 2. The van der Waals surface area contributed by atoms with Gasteiger partial charge in [0.05, 0.1) is 23.4 Å². The molecule has 2 N–H and O–H groups in total. The van der Waals surface area contributed by atoms with Crippen LogP contribution in [0.4, 0.5) is 5.69 Å². The minimum atomic E-state index is -0.224. The van der Waals surface area contributed by atoms with Crippen molar-refractivity contribution in [3.63, 3.8) is 0 Å². The number of nitrogens with zero attached hydrogens (tertiary/aromatic N) is 2. The lowest BCUT2D eigenvalue weighted by Crippen LogP contribution is -2.35. The Morgan fingerprint density at radius 3 is 2.84 bits per heavy atom. The summed E-state index contributed by atoms with van der Waals surface area (Å²) >= 11 is 3.47. The van der Waals surface area contributed by atoms with Crippen LogP contribution in [0.5, 0.6) is 0 Å². The molecule has 1 aliphatic rings. The van der Waals surface area contributed by atoms with Gasteiger partial charge in [0.1, 0.15) is 0 Å². The average Bonchev–Trinajstić information content (AvgIpc) is 2.98. The minimum absolute atomic E-state index is 0.224. The smallest absolute Gasteiger partial charge is 0.277 e. The Bertz CT molecular complexity index is 738. The summed E-state index contributed by atoms with van der Waals surface area (Å²) < 4.78 is 6.11. The molecule has 7 heteroatoms. The highest BCUT2D eigenvalue weighted by Crippen LogP contribution is 2.26. The number of hydrogen-bond acceptors (Lipinski definition) is 4. The molecule has 0 bridgehead atoms. The third-order valence-electron chi connectivity index (χ3n) is 4.22. The maximum absolute atomic E-state index is 12.5. The number of halogens is 1. The van der Waals surface area contributed by atoms with E-state index in [0.717, 1.165) is 48.7 Å². The minimum Gasteiger partial charge on any atom is -0.379 e. The van der Waals surface area contributed by atoms with E-state index >= 15 is 0 Å². The van der Waals surface area contributed by atoms with Crippen LogP contribution in [0.15, 0.2) is 28.7 Å². The van der Waals surface area contributed by atoms with Gasteiger partial charge in [-0.25, -0.2) is 0 Å². The van der Waals surface area contributed by atoms with Gasteiger partial charge in [0, 0.05) is 25.3 Å². The summed E-state index contributed by atoms with van der Waals surface area (Å²) in [6, 6.07) is 7.94. The third-order valence-corrected chi connectivity index (χ3v) is 5.02. The number of nitrogens with one attached hydrogen (secondary N) is 2. The molecule has 0 aliphatic carbocycles. The Balaban J connectivity index is 1.68. The standard InChI is InChI=1S/C18H23BrN4O2/c1-12(2)16-15(19)17(22-21-16)18(24)20-14-5-3-4-13(10-14)11-23-6-8-25-9-7-23/h3-5,10,12H,6-9,11H2,1-2H3,(H,20,24)(H,21,22). The first-order chi connectivity index (χ1) is 12.0. The summed E-state index contributed by atoms with van der Waals surface area (Å²) in [7, 11) is 0. The van der Waals surface area contributed by atoms with E-state index in [1.54, 1.807) is 0 Å². The number of rotatable bonds is 5. The number of anilines is 1. The zero-order valence-corrected chi connectivity index (χ0v) is 16.1. The normalized spacial score (nSPS) is 15.5. The zero-order chi connectivity index (χ0) is 17.8. The van der Waals surface area contributed by atoms with Crippen LogP contribution in [0, 0.1) is 0 Å². The van der Waals surface area contributed by atoms with Crippen molar-refractivity contribution in [2.24, 2.45) is 0 Å². The van der Waals surface area contributed by atoms with Crippen molar-refractivity contribution in [3.05, 3.63) is 45.7 Å². The maximum atomic E-state index is 12.5. The van der Waals surface area contributed by atoms with Crippen LogP contribution < -0.4 is 5.32 Å². The predicted octanol–water partition coefficient (Wildman–Crippen LogP) is 3.38. The molecule has 25 heavy (non-hydrogen) atoms. The van der Waals surface area contributed by atoms with Crippen molar-refractivity contribution in [3.8, 4) is 0 Å². The van der Waals surface area contributed by atoms with Crippen LogP contribution in [0.2, 0.25) is 0 Å². The quantitative estimate of drug-likeness (QED) is 0.798. The summed E-state index contributed by atoms with van der Waals surface area (Å²) in [4.78, 5) is 14.9. The summed E-state index contributed by atoms with van der Waals surface area (Å²) in [5, 5.41) is 10.0. The van der Waals surface area contributed by atoms with E-state index in [2.05, 4.69) is 56.3 Å². The Hall–Kier alpha value is -1.70. The Kier molecular flexibility index (Phi) is 5.88. The molecule has 134 valence electrons. The monoisotopic (exact) mass is 406 g/mol. The molecule has 6 nitrogen and oxygen atoms in total. The van der Waals surface area contributed by atoms with Gasteiger partial charge in [0.15, 0.2) is 5.69 Å². The summed E-state index contributed by atoms with van der Waals surface area (Å²) in [6.07, 6.45) is 0. The van der Waals surface area contributed by atoms with Gasteiger partial charge in [0.2, 0.25) is 0 Å². The fourth-order valence-electron chi connectivity index (χ4n) is 2.83. The molecule has 0 saturated carbocycles. The Morgan fingerprint density at radius 2 is 2.16 bits per heavy atom. The van der Waals surface area contributed by atoms with Crippen molar-refractivity contribution in [1.82, 2.24) is 15.1 Å². The lowest BCUT2D eigenvalue weighted by Gasteiger charge is -2.26. The molecule has 1 fully saturated rings. The van der Waals surface area contributed by atoms with Crippen LogP contribution in [0.25, 0.3) is 0 Å². The SMILES string of the molecule is CC(C)c1[nH]nc(C(=O)Nc2cccc(CN3CCOCC3)c2)c1Br. The predicted molar refractivity (Wildman–Crippen MR) is 101 cm³/mol. The molecule has 0 spiro atoms. The fraction of sp³-hybridized carbons (Fsp3) is 0.444. The number of aromatic amines is 1. The van der Waals surface area contributed by atoms with Gasteiger partial charge in [-0.05, 0) is 39.5 Å². The van der Waals surface area contributed by atoms with Crippen LogP contribution in [0.1, 0.15) is 41.5 Å². The molecule has 2 heterocycles. The second-order valence-corrected chi connectivity index (χ2v) is 7.29. The molecule has 1 aromatic heterocycles. The van der Waals surface area contributed by atoms with Gasteiger partial charge in [-0.3, -0.25) is 14.8 Å². The topological polar surface area (TPSA) is 70.2 Å². The van der Waals surface area contributed by atoms with Gasteiger partial charge in [-0.2, -0.15) is 5.10 Å². The molecule has 0 unspecified atom stereocenters. The van der Waals surface area contributed by atoms with Crippen LogP contribution in [-0.2, 0) is 11.3 Å².